The second-order valence-electron chi connectivity index (χ2n) is 8.07. The molecule has 2 aliphatic heterocycles. The number of aryl methyl sites for hydroxylation is 1. The van der Waals surface area contributed by atoms with Crippen LogP contribution in [-0.4, -0.2) is 24.9 Å². The Hall–Kier alpha value is -1.94. The fourth-order valence-corrected chi connectivity index (χ4v) is 4.93. The van der Waals surface area contributed by atoms with Crippen molar-refractivity contribution >= 4 is 17.5 Å². The average molecular weight is 353 g/mol. The zero-order valence-corrected chi connectivity index (χ0v) is 15.7. The molecule has 3 aliphatic rings. The van der Waals surface area contributed by atoms with Gasteiger partial charge in [0.2, 0.25) is 11.8 Å². The molecule has 0 radical (unpaired) electrons. The molecule has 2 saturated heterocycles. The second-order valence-corrected chi connectivity index (χ2v) is 8.07. The monoisotopic (exact) mass is 353 g/mol. The van der Waals surface area contributed by atoms with Gasteiger partial charge in [0.15, 0.2) is 0 Å². The van der Waals surface area contributed by atoms with Crippen LogP contribution >= 0.6 is 0 Å². The number of quaternary nitrogens is 1. The minimum absolute atomic E-state index is 0.00747. The summed E-state index contributed by atoms with van der Waals surface area (Å²) in [5.41, 5.74) is 3.28. The van der Waals surface area contributed by atoms with Crippen molar-refractivity contribution in [1.82, 2.24) is 0 Å². The Kier molecular flexibility index (Phi) is 4.94. The molecule has 0 bridgehead atoms. The third kappa shape index (κ3) is 3.23. The van der Waals surface area contributed by atoms with Crippen LogP contribution in [0.25, 0.3) is 0 Å². The normalized spacial score (nSPS) is 27.7. The third-order valence-corrected chi connectivity index (χ3v) is 6.31. The molecule has 138 valence electrons. The highest BCUT2D eigenvalue weighted by Crippen LogP contribution is 2.37. The molecule has 1 aliphatic carbocycles. The lowest BCUT2D eigenvalue weighted by Crippen LogP contribution is -3.11. The van der Waals surface area contributed by atoms with Gasteiger partial charge in [0.25, 0.3) is 0 Å². The molecule has 2 atom stereocenters. The average Bonchev–Trinajstić information content (AvgIpc) is 2.97. The lowest BCUT2D eigenvalue weighted by atomic mass is 9.80. The molecule has 0 aromatic heterocycles. The topological polar surface area (TPSA) is 41.8 Å². The van der Waals surface area contributed by atoms with Crippen LogP contribution in [0.3, 0.4) is 0 Å². The molecule has 4 rings (SSSR count). The number of carbonyl (C=O) groups is 2. The lowest BCUT2D eigenvalue weighted by Gasteiger charge is -2.34. The molecule has 1 aromatic carbocycles. The summed E-state index contributed by atoms with van der Waals surface area (Å²) in [7, 11) is 0. The van der Waals surface area contributed by atoms with Gasteiger partial charge in [-0.3, -0.25) is 14.5 Å². The number of anilines is 1. The van der Waals surface area contributed by atoms with Gasteiger partial charge in [-0.2, -0.15) is 0 Å². The maximum atomic E-state index is 13.2. The van der Waals surface area contributed by atoms with E-state index in [0.717, 1.165) is 30.5 Å². The first-order valence-electron chi connectivity index (χ1n) is 10.1. The molecule has 1 N–H and O–H groups in total. The Balaban J connectivity index is 1.57. The molecule has 2 heterocycles. The van der Waals surface area contributed by atoms with Gasteiger partial charge in [0, 0.05) is 12.3 Å². The van der Waals surface area contributed by atoms with Gasteiger partial charge in [0.1, 0.15) is 5.70 Å². The Morgan fingerprint density at radius 2 is 1.69 bits per heavy atom. The summed E-state index contributed by atoms with van der Waals surface area (Å²) in [6.45, 7) is 4.37. The molecule has 2 amide bonds. The van der Waals surface area contributed by atoms with Crippen molar-refractivity contribution < 1.29 is 14.5 Å². The zero-order chi connectivity index (χ0) is 18.1. The van der Waals surface area contributed by atoms with Gasteiger partial charge in [-0.1, -0.05) is 17.7 Å². The SMILES string of the molecule is Cc1ccc(N2C(=O)C[C@H]([C@@H]3CCCC=C3[NH+]3CCCCC3)C2=O)cc1. The molecule has 1 aromatic rings. The Morgan fingerprint density at radius 3 is 2.42 bits per heavy atom. The van der Waals surface area contributed by atoms with E-state index in [1.54, 1.807) is 4.90 Å². The van der Waals surface area contributed by atoms with Gasteiger partial charge in [0.05, 0.1) is 24.7 Å². The largest absolute Gasteiger partial charge is 0.306 e. The predicted octanol–water partition coefficient (Wildman–Crippen LogP) is 2.63. The van der Waals surface area contributed by atoms with E-state index >= 15 is 0 Å². The molecule has 0 saturated carbocycles. The van der Waals surface area contributed by atoms with E-state index in [1.807, 2.05) is 31.2 Å². The van der Waals surface area contributed by atoms with Crippen molar-refractivity contribution in [3.63, 3.8) is 0 Å². The van der Waals surface area contributed by atoms with Gasteiger partial charge in [-0.15, -0.1) is 0 Å². The van der Waals surface area contributed by atoms with E-state index in [9.17, 15) is 9.59 Å². The highest BCUT2D eigenvalue weighted by molar-refractivity contribution is 6.21. The maximum Gasteiger partial charge on any atom is 0.238 e. The Labute approximate surface area is 155 Å². The summed E-state index contributed by atoms with van der Waals surface area (Å²) in [5, 5.41) is 0. The summed E-state index contributed by atoms with van der Waals surface area (Å²) in [6, 6.07) is 7.71. The number of nitrogens with one attached hydrogen (secondary N) is 1. The zero-order valence-electron chi connectivity index (χ0n) is 15.7. The number of amides is 2. The van der Waals surface area contributed by atoms with Gasteiger partial charge in [-0.05, 0) is 63.7 Å². The summed E-state index contributed by atoms with van der Waals surface area (Å²) in [4.78, 5) is 28.9. The molecule has 4 nitrogen and oxygen atoms in total. The highest BCUT2D eigenvalue weighted by Gasteiger charge is 2.47. The highest BCUT2D eigenvalue weighted by atomic mass is 16.2. The van der Waals surface area contributed by atoms with Gasteiger partial charge >= 0.3 is 0 Å². The second kappa shape index (κ2) is 7.36. The van der Waals surface area contributed by atoms with Crippen LogP contribution in [0.1, 0.15) is 50.5 Å². The molecule has 0 spiro atoms. The van der Waals surface area contributed by atoms with Crippen LogP contribution in [-0.2, 0) is 9.59 Å². The van der Waals surface area contributed by atoms with Crippen LogP contribution in [0, 0.1) is 18.8 Å². The Bertz CT molecular complexity index is 716. The Morgan fingerprint density at radius 1 is 0.962 bits per heavy atom. The molecular formula is C22H29N2O2+. The summed E-state index contributed by atoms with van der Waals surface area (Å²) < 4.78 is 0. The van der Waals surface area contributed by atoms with E-state index in [0.29, 0.717) is 6.42 Å². The fraction of sp³-hybridized carbons (Fsp3) is 0.545. The molecule has 2 fully saturated rings. The van der Waals surface area contributed by atoms with Crippen molar-refractivity contribution in [1.29, 1.82) is 0 Å². The first-order valence-corrected chi connectivity index (χ1v) is 10.1. The number of hydrogen-bond donors (Lipinski definition) is 1. The summed E-state index contributed by atoms with van der Waals surface area (Å²) >= 11 is 0. The van der Waals surface area contributed by atoms with E-state index in [4.69, 9.17) is 0 Å². The maximum absolute atomic E-state index is 13.2. The van der Waals surface area contributed by atoms with Crippen LogP contribution in [0.15, 0.2) is 36.0 Å². The number of allylic oxidation sites excluding steroid dienone is 2. The van der Waals surface area contributed by atoms with E-state index < -0.39 is 0 Å². The fourth-order valence-electron chi connectivity index (χ4n) is 4.93. The molecule has 4 heteroatoms. The smallest absolute Gasteiger partial charge is 0.238 e. The van der Waals surface area contributed by atoms with E-state index in [1.165, 1.54) is 42.9 Å². The number of carbonyl (C=O) groups excluding carboxylic acids is 2. The van der Waals surface area contributed by atoms with E-state index in [-0.39, 0.29) is 23.7 Å². The lowest BCUT2D eigenvalue weighted by molar-refractivity contribution is -0.870. The van der Waals surface area contributed by atoms with Crippen LogP contribution < -0.4 is 9.80 Å². The number of hydrogen-bond acceptors (Lipinski definition) is 2. The number of nitrogens with zero attached hydrogens (tertiary/aromatic N) is 1. The van der Waals surface area contributed by atoms with Crippen molar-refractivity contribution in [3.05, 3.63) is 41.6 Å². The van der Waals surface area contributed by atoms with E-state index in [2.05, 4.69) is 6.08 Å². The summed E-state index contributed by atoms with van der Waals surface area (Å²) in [5.74, 6) is 0.0315. The van der Waals surface area contributed by atoms with Crippen molar-refractivity contribution in [2.45, 2.75) is 51.9 Å². The number of piperidine rings is 1. The number of benzene rings is 1. The van der Waals surface area contributed by atoms with Crippen LogP contribution in [0.5, 0.6) is 0 Å². The first-order chi connectivity index (χ1) is 12.6. The van der Waals surface area contributed by atoms with Gasteiger partial charge < -0.3 is 4.90 Å². The molecule has 26 heavy (non-hydrogen) atoms. The standard InChI is InChI=1S/C22H28N2O2/c1-16-9-11-17(12-10-16)24-21(25)15-19(22(24)26)18-7-3-4-8-20(18)23-13-5-2-6-14-23/h8-12,18-19H,2-7,13-15H2,1H3/p+1/t18-,19+/m0/s1. The van der Waals surface area contributed by atoms with Crippen LogP contribution in [0.2, 0.25) is 0 Å². The number of rotatable bonds is 3. The summed E-state index contributed by atoms with van der Waals surface area (Å²) in [6.07, 6.45) is 9.89. The van der Waals surface area contributed by atoms with Crippen molar-refractivity contribution in [2.24, 2.45) is 11.8 Å². The first kappa shape index (κ1) is 17.5. The third-order valence-electron chi connectivity index (χ3n) is 6.31. The van der Waals surface area contributed by atoms with Crippen molar-refractivity contribution in [3.8, 4) is 0 Å². The minimum atomic E-state index is -0.176. The predicted molar refractivity (Wildman–Crippen MR) is 102 cm³/mol. The quantitative estimate of drug-likeness (QED) is 0.849. The van der Waals surface area contributed by atoms with Gasteiger partial charge in [-0.25, -0.2) is 0 Å². The van der Waals surface area contributed by atoms with Crippen molar-refractivity contribution in [2.75, 3.05) is 18.0 Å². The molecular weight excluding hydrogens is 324 g/mol. The minimum Gasteiger partial charge on any atom is -0.306 e. The molecule has 0 unspecified atom stereocenters. The number of imide groups is 1. The van der Waals surface area contributed by atoms with Crippen LogP contribution in [0.4, 0.5) is 5.69 Å². The number of likely N-dealkylation sites (tertiary alicyclic amines) is 1.